The molecule has 34 heavy (non-hydrogen) atoms. The topological polar surface area (TPSA) is 115 Å². The lowest BCUT2D eigenvalue weighted by atomic mass is 10.1. The van der Waals surface area contributed by atoms with Gasteiger partial charge in [0, 0.05) is 12.4 Å². The number of ether oxygens (including phenoxy) is 1. The van der Waals surface area contributed by atoms with Crippen LogP contribution in [0.4, 0.5) is 0 Å². The Labute approximate surface area is 207 Å². The Morgan fingerprint density at radius 1 is 1.15 bits per heavy atom. The molecular weight excluding hydrogens is 503 g/mol. The number of amides is 1. The number of nitrogens with zero attached hydrogens (tertiary/aromatic N) is 1. The van der Waals surface area contributed by atoms with Crippen molar-refractivity contribution in [2.45, 2.75) is 24.8 Å². The molecule has 8 nitrogen and oxygen atoms in total. The third-order valence-electron chi connectivity index (χ3n) is 5.38. The first kappa shape index (κ1) is 26.0. The quantitative estimate of drug-likeness (QED) is 0.433. The number of nitrogens with one attached hydrogen (secondary N) is 1. The number of aryl methyl sites for hydroxylation is 2. The predicted molar refractivity (Wildman–Crippen MR) is 130 cm³/mol. The van der Waals surface area contributed by atoms with E-state index >= 15 is 0 Å². The van der Waals surface area contributed by atoms with Gasteiger partial charge in [-0.05, 0) is 49.2 Å². The zero-order valence-corrected chi connectivity index (χ0v) is 21.1. The van der Waals surface area contributed by atoms with Crippen molar-refractivity contribution < 1.29 is 27.9 Å². The fraction of sp³-hybridized carbons (Fsp3) is 0.304. The Hall–Kier alpha value is -2.59. The van der Waals surface area contributed by atoms with Gasteiger partial charge in [-0.1, -0.05) is 35.3 Å². The van der Waals surface area contributed by atoms with Crippen LogP contribution in [-0.2, 0) is 26.4 Å². The average Bonchev–Trinajstić information content (AvgIpc) is 3.12. The molecule has 0 fully saturated rings. The molecule has 1 aromatic heterocycles. The largest absolute Gasteiger partial charge is 0.465 e. The minimum Gasteiger partial charge on any atom is -0.465 e. The highest BCUT2D eigenvalue weighted by Crippen LogP contribution is 2.35. The van der Waals surface area contributed by atoms with E-state index in [-0.39, 0.29) is 11.5 Å². The maximum Gasteiger partial charge on any atom is 0.321 e. The molecule has 0 saturated heterocycles. The first-order valence-corrected chi connectivity index (χ1v) is 12.7. The van der Waals surface area contributed by atoms with Gasteiger partial charge in [-0.3, -0.25) is 9.59 Å². The Morgan fingerprint density at radius 3 is 2.38 bits per heavy atom. The van der Waals surface area contributed by atoms with Crippen LogP contribution in [0.1, 0.15) is 34.6 Å². The summed E-state index contributed by atoms with van der Waals surface area (Å²) in [6.45, 7) is 3.07. The van der Waals surface area contributed by atoms with Gasteiger partial charge in [0.25, 0.3) is 5.91 Å². The molecule has 0 aliphatic carbocycles. The molecule has 1 atom stereocenters. The summed E-state index contributed by atoms with van der Waals surface area (Å²) in [6.07, 6.45) is 0. The third-order valence-corrected chi connectivity index (χ3v) is 7.97. The number of rotatable bonds is 8. The lowest BCUT2D eigenvalue weighted by Crippen LogP contribution is -2.32. The first-order valence-electron chi connectivity index (χ1n) is 10.3. The zero-order valence-electron chi connectivity index (χ0n) is 18.8. The second kappa shape index (κ2) is 10.4. The van der Waals surface area contributed by atoms with Crippen LogP contribution < -0.4 is 5.32 Å². The summed E-state index contributed by atoms with van der Waals surface area (Å²) in [5.41, 5.74) is 2.31. The summed E-state index contributed by atoms with van der Waals surface area (Å²) in [6, 6.07) is 8.24. The Balaban J connectivity index is 1.83. The van der Waals surface area contributed by atoms with Crippen LogP contribution in [0.25, 0.3) is 10.9 Å². The van der Waals surface area contributed by atoms with Crippen molar-refractivity contribution in [1.82, 2.24) is 9.88 Å². The highest BCUT2D eigenvalue weighted by Gasteiger charge is 2.23. The van der Waals surface area contributed by atoms with Gasteiger partial charge in [0.1, 0.15) is 5.69 Å². The third kappa shape index (κ3) is 5.22. The normalized spacial score (nSPS) is 12.5. The standard InChI is InChI=1S/C23H24Cl2N2O6S/c1-4-33-20(29)12-34(31,32)15-7-5-14(6-8-15)17(11-28)26-23(30)19-10-16-18(27(19)3)9-13(2)21(24)22(16)25/h5-10,17,28H,4,11-12H2,1-3H3,(H,26,30)/t17-/m1/s1. The number of sulfone groups is 1. The smallest absolute Gasteiger partial charge is 0.321 e. The van der Waals surface area contributed by atoms with Gasteiger partial charge < -0.3 is 19.7 Å². The number of carbonyl (C=O) groups excluding carboxylic acids is 2. The van der Waals surface area contributed by atoms with Gasteiger partial charge in [-0.25, -0.2) is 8.42 Å². The molecule has 3 aromatic rings. The molecule has 0 unspecified atom stereocenters. The number of hydrogen-bond donors (Lipinski definition) is 2. The summed E-state index contributed by atoms with van der Waals surface area (Å²) in [5.74, 6) is -2.06. The number of fused-ring (bicyclic) bond motifs is 1. The van der Waals surface area contributed by atoms with Crippen molar-refractivity contribution in [3.63, 3.8) is 0 Å². The second-order valence-corrected chi connectivity index (χ2v) is 10.4. The number of aliphatic hydroxyl groups excluding tert-OH is 1. The van der Waals surface area contributed by atoms with Crippen LogP contribution in [0.15, 0.2) is 41.3 Å². The van der Waals surface area contributed by atoms with Gasteiger partial charge in [0.15, 0.2) is 15.6 Å². The van der Waals surface area contributed by atoms with E-state index in [0.29, 0.717) is 26.7 Å². The molecule has 0 aliphatic heterocycles. The van der Waals surface area contributed by atoms with Crippen molar-refractivity contribution in [3.8, 4) is 0 Å². The lowest BCUT2D eigenvalue weighted by molar-refractivity contribution is -0.139. The van der Waals surface area contributed by atoms with E-state index in [0.717, 1.165) is 11.1 Å². The summed E-state index contributed by atoms with van der Waals surface area (Å²) in [5, 5.41) is 14.0. The maximum atomic E-state index is 13.0. The van der Waals surface area contributed by atoms with Gasteiger partial charge in [0.2, 0.25) is 0 Å². The van der Waals surface area contributed by atoms with Crippen molar-refractivity contribution in [1.29, 1.82) is 0 Å². The van der Waals surface area contributed by atoms with Gasteiger partial charge in [-0.2, -0.15) is 0 Å². The molecule has 2 N–H and O–H groups in total. The van der Waals surface area contributed by atoms with Crippen LogP contribution in [0.3, 0.4) is 0 Å². The van der Waals surface area contributed by atoms with Crippen LogP contribution in [0, 0.1) is 6.92 Å². The molecule has 0 bridgehead atoms. The van der Waals surface area contributed by atoms with Gasteiger partial charge >= 0.3 is 5.97 Å². The molecular formula is C23H24Cl2N2O6S. The molecule has 1 amide bonds. The molecule has 0 radical (unpaired) electrons. The van der Waals surface area contributed by atoms with Crippen molar-refractivity contribution >= 4 is 55.8 Å². The number of hydrogen-bond acceptors (Lipinski definition) is 6. The Kier molecular flexibility index (Phi) is 7.92. The van der Waals surface area contributed by atoms with Crippen molar-refractivity contribution in [2.24, 2.45) is 7.05 Å². The molecule has 0 saturated carbocycles. The fourth-order valence-corrected chi connectivity index (χ4v) is 5.13. The molecule has 2 aromatic carbocycles. The minimum absolute atomic E-state index is 0.0668. The molecule has 1 heterocycles. The number of aromatic nitrogens is 1. The average molecular weight is 527 g/mol. The highest BCUT2D eigenvalue weighted by molar-refractivity contribution is 7.92. The summed E-state index contributed by atoms with van der Waals surface area (Å²) < 4.78 is 31.2. The highest BCUT2D eigenvalue weighted by atomic mass is 35.5. The molecule has 182 valence electrons. The number of esters is 1. The monoisotopic (exact) mass is 526 g/mol. The maximum absolute atomic E-state index is 13.0. The SMILES string of the molecule is CCOC(=O)CS(=O)(=O)c1ccc([C@@H](CO)NC(=O)c2cc3c(Cl)c(Cl)c(C)cc3n2C)cc1. The van der Waals surface area contributed by atoms with E-state index in [1.54, 1.807) is 24.6 Å². The zero-order chi connectivity index (χ0) is 25.2. The Bertz CT molecular complexity index is 1350. The summed E-state index contributed by atoms with van der Waals surface area (Å²) in [4.78, 5) is 24.5. The van der Waals surface area contributed by atoms with Crippen molar-refractivity contribution in [2.75, 3.05) is 19.0 Å². The van der Waals surface area contributed by atoms with Crippen LogP contribution in [-0.4, -0.2) is 48.9 Å². The lowest BCUT2D eigenvalue weighted by Gasteiger charge is -2.17. The summed E-state index contributed by atoms with van der Waals surface area (Å²) >= 11 is 12.6. The van der Waals surface area contributed by atoms with Crippen LogP contribution in [0.5, 0.6) is 0 Å². The van der Waals surface area contributed by atoms with E-state index in [1.165, 1.54) is 24.3 Å². The minimum atomic E-state index is -3.88. The van der Waals surface area contributed by atoms with E-state index < -0.39 is 40.1 Å². The molecule has 11 heteroatoms. The number of benzene rings is 2. The summed E-state index contributed by atoms with van der Waals surface area (Å²) in [7, 11) is -2.16. The van der Waals surface area contributed by atoms with Crippen LogP contribution in [0.2, 0.25) is 10.0 Å². The molecule has 0 spiro atoms. The fourth-order valence-electron chi connectivity index (χ4n) is 3.56. The molecule has 0 aliphatic rings. The van der Waals surface area contributed by atoms with Crippen LogP contribution >= 0.6 is 23.2 Å². The number of aliphatic hydroxyl groups is 1. The van der Waals surface area contributed by atoms with Crippen molar-refractivity contribution in [3.05, 3.63) is 63.3 Å². The van der Waals surface area contributed by atoms with E-state index in [4.69, 9.17) is 27.9 Å². The van der Waals surface area contributed by atoms with E-state index in [1.807, 2.05) is 13.0 Å². The Morgan fingerprint density at radius 2 is 1.79 bits per heavy atom. The predicted octanol–water partition coefficient (Wildman–Crippen LogP) is 3.59. The van der Waals surface area contributed by atoms with E-state index in [2.05, 4.69) is 5.32 Å². The first-order chi connectivity index (χ1) is 16.0. The van der Waals surface area contributed by atoms with Gasteiger partial charge in [-0.15, -0.1) is 0 Å². The second-order valence-electron chi connectivity index (χ2n) is 7.68. The molecule has 3 rings (SSSR count). The van der Waals surface area contributed by atoms with Gasteiger partial charge in [0.05, 0.1) is 39.7 Å². The number of halogens is 2. The number of carbonyl (C=O) groups is 2. The van der Waals surface area contributed by atoms with E-state index in [9.17, 15) is 23.1 Å².